The van der Waals surface area contributed by atoms with Crippen LogP contribution >= 0.6 is 23.1 Å². The Morgan fingerprint density at radius 3 is 2.45 bits per heavy atom. The Labute approximate surface area is 140 Å². The number of hydrogen-bond acceptors (Lipinski definition) is 4. The van der Waals surface area contributed by atoms with Gasteiger partial charge in [-0.25, -0.2) is 0 Å². The van der Waals surface area contributed by atoms with Crippen LogP contribution in [0.2, 0.25) is 0 Å². The van der Waals surface area contributed by atoms with Gasteiger partial charge in [0.1, 0.15) is 4.88 Å². The lowest BCUT2D eigenvalue weighted by atomic mass is 10.1. The van der Waals surface area contributed by atoms with E-state index in [1.54, 1.807) is 11.8 Å². The predicted octanol–water partition coefficient (Wildman–Crippen LogP) is 3.19. The first-order valence-electron chi connectivity index (χ1n) is 7.71. The summed E-state index contributed by atoms with van der Waals surface area (Å²) in [7, 11) is 0. The first kappa shape index (κ1) is 17.3. The maximum atomic E-state index is 12.6. The lowest BCUT2D eigenvalue weighted by molar-refractivity contribution is -0.132. The van der Waals surface area contributed by atoms with E-state index in [-0.39, 0.29) is 11.8 Å². The molecule has 1 fully saturated rings. The molecule has 1 aliphatic rings. The third kappa shape index (κ3) is 4.26. The van der Waals surface area contributed by atoms with Crippen molar-refractivity contribution in [1.29, 1.82) is 0 Å². The molecule has 0 N–H and O–H groups in total. The monoisotopic (exact) mass is 340 g/mol. The molecule has 0 radical (unpaired) electrons. The lowest BCUT2D eigenvalue weighted by Gasteiger charge is -2.35. The summed E-state index contributed by atoms with van der Waals surface area (Å²) in [6, 6.07) is 1.99. The van der Waals surface area contributed by atoms with Crippen molar-refractivity contribution in [2.45, 2.75) is 31.6 Å². The summed E-state index contributed by atoms with van der Waals surface area (Å²) in [5, 5.41) is 1.96. The Morgan fingerprint density at radius 1 is 1.23 bits per heavy atom. The van der Waals surface area contributed by atoms with E-state index >= 15 is 0 Å². The minimum Gasteiger partial charge on any atom is -0.339 e. The average Bonchev–Trinajstić information content (AvgIpc) is 3.00. The van der Waals surface area contributed by atoms with Crippen molar-refractivity contribution in [3.63, 3.8) is 0 Å². The molecule has 22 heavy (non-hydrogen) atoms. The highest BCUT2D eigenvalue weighted by atomic mass is 32.2. The number of amides is 2. The zero-order valence-corrected chi connectivity index (χ0v) is 15.1. The summed E-state index contributed by atoms with van der Waals surface area (Å²) in [5.74, 6) is 0.881. The number of thioether (sulfide) groups is 1. The van der Waals surface area contributed by atoms with Crippen LogP contribution in [0.25, 0.3) is 0 Å². The third-order valence-electron chi connectivity index (χ3n) is 3.90. The van der Waals surface area contributed by atoms with Crippen LogP contribution in [0.15, 0.2) is 16.3 Å². The van der Waals surface area contributed by atoms with Crippen LogP contribution in [0, 0.1) is 5.92 Å². The number of nitrogens with zero attached hydrogens (tertiary/aromatic N) is 2. The van der Waals surface area contributed by atoms with Gasteiger partial charge in [-0.1, -0.05) is 13.8 Å². The Morgan fingerprint density at radius 2 is 1.86 bits per heavy atom. The second kappa shape index (κ2) is 8.02. The first-order valence-corrected chi connectivity index (χ1v) is 9.82. The molecule has 122 valence electrons. The van der Waals surface area contributed by atoms with E-state index in [2.05, 4.69) is 13.8 Å². The SMILES string of the molecule is CSc1ccsc1C(=O)N1CCN(C(=O)CCC(C)C)CC1. The second-order valence-corrected chi connectivity index (χ2v) is 7.69. The van der Waals surface area contributed by atoms with E-state index < -0.39 is 0 Å². The van der Waals surface area contributed by atoms with Crippen molar-refractivity contribution in [1.82, 2.24) is 9.80 Å². The minimum absolute atomic E-state index is 0.105. The van der Waals surface area contributed by atoms with Gasteiger partial charge in [-0.3, -0.25) is 9.59 Å². The first-order chi connectivity index (χ1) is 10.5. The van der Waals surface area contributed by atoms with Crippen molar-refractivity contribution in [2.75, 3.05) is 32.4 Å². The molecular formula is C16H24N2O2S2. The van der Waals surface area contributed by atoms with Crippen LogP contribution in [0.4, 0.5) is 0 Å². The van der Waals surface area contributed by atoms with Gasteiger partial charge in [-0.2, -0.15) is 0 Å². The van der Waals surface area contributed by atoms with Gasteiger partial charge in [0.05, 0.1) is 0 Å². The molecule has 0 atom stereocenters. The van der Waals surface area contributed by atoms with Crippen LogP contribution in [-0.4, -0.2) is 54.0 Å². The lowest BCUT2D eigenvalue weighted by Crippen LogP contribution is -2.50. The molecule has 1 aliphatic heterocycles. The van der Waals surface area contributed by atoms with Crippen LogP contribution in [-0.2, 0) is 4.79 Å². The topological polar surface area (TPSA) is 40.6 Å². The van der Waals surface area contributed by atoms with Gasteiger partial charge in [0, 0.05) is 37.5 Å². The quantitative estimate of drug-likeness (QED) is 0.773. The summed E-state index contributed by atoms with van der Waals surface area (Å²) in [5.41, 5.74) is 0. The molecule has 1 aromatic heterocycles. The normalized spacial score (nSPS) is 15.5. The fourth-order valence-corrected chi connectivity index (χ4v) is 4.20. The standard InChI is InChI=1S/C16H24N2O2S2/c1-12(2)4-5-14(19)17-7-9-18(10-8-17)16(20)15-13(21-3)6-11-22-15/h6,11-12H,4-5,7-10H2,1-3H3. The number of rotatable bonds is 5. The van der Waals surface area contributed by atoms with Crippen molar-refractivity contribution in [2.24, 2.45) is 5.92 Å². The molecule has 0 saturated carbocycles. The Kier molecular flexibility index (Phi) is 6.32. The van der Waals surface area contributed by atoms with Gasteiger partial charge in [-0.15, -0.1) is 23.1 Å². The summed E-state index contributed by atoms with van der Waals surface area (Å²) in [4.78, 5) is 30.3. The average molecular weight is 341 g/mol. The Hall–Kier alpha value is -1.01. The van der Waals surface area contributed by atoms with Gasteiger partial charge in [-0.05, 0) is 30.0 Å². The molecule has 4 nitrogen and oxygen atoms in total. The highest BCUT2D eigenvalue weighted by Crippen LogP contribution is 2.27. The summed E-state index contributed by atoms with van der Waals surface area (Å²) < 4.78 is 0. The molecule has 0 aliphatic carbocycles. The molecular weight excluding hydrogens is 316 g/mol. The van der Waals surface area contributed by atoms with Crippen LogP contribution in [0.5, 0.6) is 0 Å². The zero-order chi connectivity index (χ0) is 16.1. The molecule has 0 unspecified atom stereocenters. The largest absolute Gasteiger partial charge is 0.339 e. The zero-order valence-electron chi connectivity index (χ0n) is 13.5. The van der Waals surface area contributed by atoms with Crippen molar-refractivity contribution < 1.29 is 9.59 Å². The maximum absolute atomic E-state index is 12.6. The van der Waals surface area contributed by atoms with Crippen LogP contribution < -0.4 is 0 Å². The minimum atomic E-state index is 0.105. The highest BCUT2D eigenvalue weighted by Gasteiger charge is 2.26. The van der Waals surface area contributed by atoms with E-state index in [0.717, 1.165) is 16.2 Å². The summed E-state index contributed by atoms with van der Waals surface area (Å²) >= 11 is 3.11. The predicted molar refractivity (Wildman–Crippen MR) is 92.7 cm³/mol. The number of piperazine rings is 1. The molecule has 0 spiro atoms. The van der Waals surface area contributed by atoms with Crippen LogP contribution in [0.3, 0.4) is 0 Å². The molecule has 0 bridgehead atoms. The van der Waals surface area contributed by atoms with E-state index in [9.17, 15) is 9.59 Å². The van der Waals surface area contributed by atoms with Crippen molar-refractivity contribution in [3.05, 3.63) is 16.3 Å². The highest BCUT2D eigenvalue weighted by molar-refractivity contribution is 7.98. The number of thiophene rings is 1. The number of hydrogen-bond donors (Lipinski definition) is 0. The second-order valence-electron chi connectivity index (χ2n) is 5.92. The van der Waals surface area contributed by atoms with Gasteiger partial charge < -0.3 is 9.80 Å². The van der Waals surface area contributed by atoms with Crippen molar-refractivity contribution >= 4 is 34.9 Å². The molecule has 2 heterocycles. The summed E-state index contributed by atoms with van der Waals surface area (Å²) in [6.07, 6.45) is 3.54. The fourth-order valence-electron chi connectivity index (χ4n) is 2.49. The van der Waals surface area contributed by atoms with Gasteiger partial charge in [0.2, 0.25) is 5.91 Å². The Bertz CT molecular complexity index is 520. The van der Waals surface area contributed by atoms with Gasteiger partial charge >= 0.3 is 0 Å². The molecule has 0 aromatic carbocycles. The van der Waals surface area contributed by atoms with E-state index in [1.807, 2.05) is 27.5 Å². The Balaban J connectivity index is 1.87. The smallest absolute Gasteiger partial charge is 0.265 e. The van der Waals surface area contributed by atoms with Crippen LogP contribution in [0.1, 0.15) is 36.4 Å². The van der Waals surface area contributed by atoms with Gasteiger partial charge in [0.25, 0.3) is 5.91 Å². The molecule has 2 amide bonds. The van der Waals surface area contributed by atoms with Crippen molar-refractivity contribution in [3.8, 4) is 0 Å². The summed E-state index contributed by atoms with van der Waals surface area (Å²) in [6.45, 7) is 6.85. The maximum Gasteiger partial charge on any atom is 0.265 e. The van der Waals surface area contributed by atoms with E-state index in [1.165, 1.54) is 11.3 Å². The number of carbonyl (C=O) groups excluding carboxylic acids is 2. The van der Waals surface area contributed by atoms with E-state index in [0.29, 0.717) is 38.5 Å². The molecule has 6 heteroatoms. The van der Waals surface area contributed by atoms with Gasteiger partial charge in [0.15, 0.2) is 0 Å². The third-order valence-corrected chi connectivity index (χ3v) is 5.71. The number of carbonyl (C=O) groups is 2. The fraction of sp³-hybridized carbons (Fsp3) is 0.625. The van der Waals surface area contributed by atoms with E-state index in [4.69, 9.17) is 0 Å². The molecule has 1 saturated heterocycles. The molecule has 1 aromatic rings. The molecule has 2 rings (SSSR count).